The predicted molar refractivity (Wildman–Crippen MR) is 92.1 cm³/mol. The molecule has 4 heteroatoms. The fourth-order valence-electron chi connectivity index (χ4n) is 2.54. The summed E-state index contributed by atoms with van der Waals surface area (Å²) >= 11 is 0. The molecule has 0 saturated carbocycles. The number of oxazole rings is 1. The highest BCUT2D eigenvalue weighted by Crippen LogP contribution is 2.26. The van der Waals surface area contributed by atoms with Crippen LogP contribution < -0.4 is 5.32 Å². The van der Waals surface area contributed by atoms with Gasteiger partial charge in [0.25, 0.3) is 0 Å². The SMILES string of the molecule is CCCC(C)C(=O)Nc1ccc2nc(-c3ccccc3)oc2c1. The minimum absolute atomic E-state index is 0.00491. The fraction of sp³-hybridized carbons (Fsp3) is 0.263. The van der Waals surface area contributed by atoms with Gasteiger partial charge in [-0.15, -0.1) is 0 Å². The molecule has 1 amide bonds. The van der Waals surface area contributed by atoms with Gasteiger partial charge in [0.1, 0.15) is 5.52 Å². The van der Waals surface area contributed by atoms with Gasteiger partial charge >= 0.3 is 0 Å². The number of aromatic nitrogens is 1. The van der Waals surface area contributed by atoms with Crippen LogP contribution in [0, 0.1) is 5.92 Å². The topological polar surface area (TPSA) is 55.1 Å². The third-order valence-corrected chi connectivity index (χ3v) is 3.85. The molecule has 0 bridgehead atoms. The quantitative estimate of drug-likeness (QED) is 0.731. The van der Waals surface area contributed by atoms with E-state index in [0.29, 0.717) is 11.5 Å². The highest BCUT2D eigenvalue weighted by molar-refractivity contribution is 5.94. The highest BCUT2D eigenvalue weighted by atomic mass is 16.3. The van der Waals surface area contributed by atoms with Crippen molar-refractivity contribution < 1.29 is 9.21 Å². The molecule has 4 nitrogen and oxygen atoms in total. The molecule has 118 valence electrons. The summed E-state index contributed by atoms with van der Waals surface area (Å²) in [6.45, 7) is 4.02. The number of rotatable bonds is 5. The average Bonchev–Trinajstić information content (AvgIpc) is 2.99. The molecule has 0 aliphatic carbocycles. The van der Waals surface area contributed by atoms with Crippen LogP contribution in [0.15, 0.2) is 52.9 Å². The van der Waals surface area contributed by atoms with Crippen LogP contribution in [0.3, 0.4) is 0 Å². The third kappa shape index (κ3) is 3.42. The Labute approximate surface area is 135 Å². The van der Waals surface area contributed by atoms with E-state index in [1.54, 1.807) is 0 Å². The Morgan fingerprint density at radius 3 is 2.74 bits per heavy atom. The van der Waals surface area contributed by atoms with Crippen molar-refractivity contribution in [2.24, 2.45) is 5.92 Å². The van der Waals surface area contributed by atoms with Gasteiger partial charge in [-0.25, -0.2) is 4.98 Å². The smallest absolute Gasteiger partial charge is 0.227 e. The lowest BCUT2D eigenvalue weighted by atomic mass is 10.1. The summed E-state index contributed by atoms with van der Waals surface area (Å²) in [6, 6.07) is 15.3. The van der Waals surface area contributed by atoms with Crippen LogP contribution in [0.5, 0.6) is 0 Å². The molecule has 2 aromatic carbocycles. The summed E-state index contributed by atoms with van der Waals surface area (Å²) in [5, 5.41) is 2.94. The molecule has 0 fully saturated rings. The highest BCUT2D eigenvalue weighted by Gasteiger charge is 2.13. The van der Waals surface area contributed by atoms with Gasteiger partial charge < -0.3 is 9.73 Å². The van der Waals surface area contributed by atoms with E-state index in [1.165, 1.54) is 0 Å². The molecule has 0 radical (unpaired) electrons. The molecule has 1 heterocycles. The molecular formula is C19H20N2O2. The van der Waals surface area contributed by atoms with Crippen LogP contribution in [-0.4, -0.2) is 10.9 Å². The minimum atomic E-state index is 0.00491. The molecule has 1 unspecified atom stereocenters. The number of hydrogen-bond donors (Lipinski definition) is 1. The van der Waals surface area contributed by atoms with Gasteiger partial charge in [0, 0.05) is 23.2 Å². The second-order valence-corrected chi connectivity index (χ2v) is 5.75. The molecule has 0 aliphatic heterocycles. The van der Waals surface area contributed by atoms with Crippen molar-refractivity contribution in [3.05, 3.63) is 48.5 Å². The second kappa shape index (κ2) is 6.65. The Hall–Kier alpha value is -2.62. The van der Waals surface area contributed by atoms with Crippen molar-refractivity contribution >= 4 is 22.7 Å². The number of carbonyl (C=O) groups is 1. The number of amides is 1. The van der Waals surface area contributed by atoms with E-state index in [9.17, 15) is 4.79 Å². The van der Waals surface area contributed by atoms with Gasteiger partial charge in [-0.3, -0.25) is 4.79 Å². The van der Waals surface area contributed by atoms with Crippen molar-refractivity contribution in [2.75, 3.05) is 5.32 Å². The lowest BCUT2D eigenvalue weighted by Crippen LogP contribution is -2.20. The Bertz CT molecular complexity index is 809. The largest absolute Gasteiger partial charge is 0.436 e. The van der Waals surface area contributed by atoms with E-state index in [4.69, 9.17) is 4.42 Å². The van der Waals surface area contributed by atoms with Gasteiger partial charge in [0.15, 0.2) is 5.58 Å². The van der Waals surface area contributed by atoms with Gasteiger partial charge in [-0.05, 0) is 30.7 Å². The predicted octanol–water partition coefficient (Wildman–Crippen LogP) is 4.87. The molecule has 3 rings (SSSR count). The molecule has 3 aromatic rings. The van der Waals surface area contributed by atoms with Gasteiger partial charge in [0.05, 0.1) is 0 Å². The number of anilines is 1. The number of carbonyl (C=O) groups excluding carboxylic acids is 1. The Morgan fingerprint density at radius 2 is 2.00 bits per heavy atom. The van der Waals surface area contributed by atoms with Gasteiger partial charge in [-0.1, -0.05) is 38.5 Å². The van der Waals surface area contributed by atoms with Crippen LogP contribution in [0.2, 0.25) is 0 Å². The molecular weight excluding hydrogens is 288 g/mol. The maximum Gasteiger partial charge on any atom is 0.227 e. The molecule has 1 N–H and O–H groups in total. The first kappa shape index (κ1) is 15.3. The van der Waals surface area contributed by atoms with Crippen LogP contribution >= 0.6 is 0 Å². The van der Waals surface area contributed by atoms with Gasteiger partial charge in [-0.2, -0.15) is 0 Å². The van der Waals surface area contributed by atoms with Crippen molar-refractivity contribution in [3.8, 4) is 11.5 Å². The molecule has 1 atom stereocenters. The van der Waals surface area contributed by atoms with Crippen molar-refractivity contribution in [2.45, 2.75) is 26.7 Å². The van der Waals surface area contributed by atoms with E-state index in [0.717, 1.165) is 29.6 Å². The van der Waals surface area contributed by atoms with Crippen molar-refractivity contribution in [1.82, 2.24) is 4.98 Å². The molecule has 0 spiro atoms. The summed E-state index contributed by atoms with van der Waals surface area (Å²) in [4.78, 5) is 16.6. The molecule has 23 heavy (non-hydrogen) atoms. The van der Waals surface area contributed by atoms with Crippen LogP contribution in [-0.2, 0) is 4.79 Å². The number of nitrogens with zero attached hydrogens (tertiary/aromatic N) is 1. The van der Waals surface area contributed by atoms with E-state index in [-0.39, 0.29) is 11.8 Å². The monoisotopic (exact) mass is 308 g/mol. The number of fused-ring (bicyclic) bond motifs is 1. The maximum absolute atomic E-state index is 12.1. The Morgan fingerprint density at radius 1 is 1.22 bits per heavy atom. The normalized spacial score (nSPS) is 12.3. The van der Waals surface area contributed by atoms with E-state index < -0.39 is 0 Å². The first-order valence-electron chi connectivity index (χ1n) is 7.94. The van der Waals surface area contributed by atoms with E-state index in [1.807, 2.05) is 55.5 Å². The molecule has 0 aliphatic rings. The summed E-state index contributed by atoms with van der Waals surface area (Å²) in [5.41, 5.74) is 3.13. The number of benzene rings is 2. The van der Waals surface area contributed by atoms with Crippen LogP contribution in [0.4, 0.5) is 5.69 Å². The zero-order valence-electron chi connectivity index (χ0n) is 13.4. The molecule has 1 aromatic heterocycles. The zero-order valence-corrected chi connectivity index (χ0v) is 13.4. The summed E-state index contributed by atoms with van der Waals surface area (Å²) in [5.74, 6) is 0.628. The average molecular weight is 308 g/mol. The lowest BCUT2D eigenvalue weighted by Gasteiger charge is -2.10. The first-order chi connectivity index (χ1) is 11.2. The van der Waals surface area contributed by atoms with E-state index >= 15 is 0 Å². The number of hydrogen-bond acceptors (Lipinski definition) is 3. The standard InChI is InChI=1S/C19H20N2O2/c1-3-7-13(2)18(22)20-15-10-11-16-17(12-15)23-19(21-16)14-8-5-4-6-9-14/h4-6,8-13H,3,7H2,1-2H3,(H,20,22). The molecule has 0 saturated heterocycles. The first-order valence-corrected chi connectivity index (χ1v) is 7.94. The Balaban J connectivity index is 1.83. The van der Waals surface area contributed by atoms with E-state index in [2.05, 4.69) is 17.2 Å². The lowest BCUT2D eigenvalue weighted by molar-refractivity contribution is -0.119. The zero-order chi connectivity index (χ0) is 16.2. The van der Waals surface area contributed by atoms with Crippen LogP contribution in [0.1, 0.15) is 26.7 Å². The number of nitrogens with one attached hydrogen (secondary N) is 1. The van der Waals surface area contributed by atoms with Crippen molar-refractivity contribution in [1.29, 1.82) is 0 Å². The second-order valence-electron chi connectivity index (χ2n) is 5.75. The summed E-state index contributed by atoms with van der Waals surface area (Å²) in [7, 11) is 0. The minimum Gasteiger partial charge on any atom is -0.436 e. The third-order valence-electron chi connectivity index (χ3n) is 3.85. The van der Waals surface area contributed by atoms with Crippen molar-refractivity contribution in [3.63, 3.8) is 0 Å². The van der Waals surface area contributed by atoms with Crippen LogP contribution in [0.25, 0.3) is 22.6 Å². The summed E-state index contributed by atoms with van der Waals surface area (Å²) < 4.78 is 5.82. The summed E-state index contributed by atoms with van der Waals surface area (Å²) in [6.07, 6.45) is 1.88. The fourth-order valence-corrected chi connectivity index (χ4v) is 2.54. The van der Waals surface area contributed by atoms with Gasteiger partial charge in [0.2, 0.25) is 11.8 Å². The maximum atomic E-state index is 12.1. The Kier molecular flexibility index (Phi) is 4.42.